The topological polar surface area (TPSA) is 92.7 Å². The first-order chi connectivity index (χ1) is 13.5. The number of hydrogen-bond donors (Lipinski definition) is 2. The Kier molecular flexibility index (Phi) is 5.27. The molecule has 0 radical (unpaired) electrons. The van der Waals surface area contributed by atoms with Crippen LogP contribution in [0.5, 0.6) is 0 Å². The molecule has 0 saturated heterocycles. The van der Waals surface area contributed by atoms with Crippen molar-refractivity contribution in [2.24, 2.45) is 23.7 Å². The van der Waals surface area contributed by atoms with E-state index in [4.69, 9.17) is 4.74 Å². The molecule has 0 aliphatic heterocycles. The number of aliphatic carboxylic acids is 1. The first-order valence-corrected chi connectivity index (χ1v) is 10.9. The van der Waals surface area contributed by atoms with Crippen molar-refractivity contribution in [3.63, 3.8) is 0 Å². The summed E-state index contributed by atoms with van der Waals surface area (Å²) in [6.07, 6.45) is 9.52. The van der Waals surface area contributed by atoms with Crippen molar-refractivity contribution < 1.29 is 24.2 Å². The summed E-state index contributed by atoms with van der Waals surface area (Å²) >= 11 is 1.45. The van der Waals surface area contributed by atoms with Crippen molar-refractivity contribution in [1.29, 1.82) is 0 Å². The molecule has 4 atom stereocenters. The highest BCUT2D eigenvalue weighted by atomic mass is 32.1. The van der Waals surface area contributed by atoms with Crippen molar-refractivity contribution in [3.05, 3.63) is 28.2 Å². The maximum absolute atomic E-state index is 13.1. The van der Waals surface area contributed by atoms with E-state index < -0.39 is 23.8 Å². The second-order valence-corrected chi connectivity index (χ2v) is 8.92. The lowest BCUT2D eigenvalue weighted by Gasteiger charge is -2.23. The molecule has 2 N–H and O–H groups in total. The zero-order valence-electron chi connectivity index (χ0n) is 15.9. The third-order valence-corrected chi connectivity index (χ3v) is 7.39. The van der Waals surface area contributed by atoms with Gasteiger partial charge in [-0.2, -0.15) is 0 Å². The molecule has 1 amide bonds. The predicted molar refractivity (Wildman–Crippen MR) is 106 cm³/mol. The Balaban J connectivity index is 1.64. The number of carbonyl (C=O) groups excluding carboxylic acids is 2. The number of ether oxygens (including phenoxy) is 1. The molecule has 0 aromatic carbocycles. The number of aryl methyl sites for hydroxylation is 1. The minimum Gasteiger partial charge on any atom is -0.481 e. The number of allylic oxidation sites excluding steroid dienone is 2. The first-order valence-electron chi connectivity index (χ1n) is 10.0. The highest BCUT2D eigenvalue weighted by Gasteiger charge is 2.51. The second-order valence-electron chi connectivity index (χ2n) is 7.82. The largest absolute Gasteiger partial charge is 0.481 e. The van der Waals surface area contributed by atoms with Crippen LogP contribution in [0.2, 0.25) is 0 Å². The summed E-state index contributed by atoms with van der Waals surface area (Å²) in [5.41, 5.74) is 1.47. The van der Waals surface area contributed by atoms with E-state index in [2.05, 4.69) is 5.32 Å². The molecule has 0 spiro atoms. The molecule has 2 bridgehead atoms. The van der Waals surface area contributed by atoms with E-state index in [9.17, 15) is 19.5 Å². The molecular formula is C21H25NO5S. The SMILES string of the molecule is CCOC(=O)c1c(NC(=O)[C@H]2[C@H](C(=O)O)[C@H]3C=C[C@H]2C3)sc2c1CCCCC2. The molecule has 1 aromatic heterocycles. The number of hydrogen-bond acceptors (Lipinski definition) is 5. The molecule has 3 aliphatic carbocycles. The van der Waals surface area contributed by atoms with E-state index in [0.29, 0.717) is 17.0 Å². The van der Waals surface area contributed by atoms with Gasteiger partial charge in [-0.1, -0.05) is 18.6 Å². The molecule has 150 valence electrons. The second kappa shape index (κ2) is 7.70. The molecule has 1 heterocycles. The Bertz CT molecular complexity index is 842. The quantitative estimate of drug-likeness (QED) is 0.445. The average Bonchev–Trinajstić information content (AvgIpc) is 3.31. The molecule has 1 fully saturated rings. The fourth-order valence-electron chi connectivity index (χ4n) is 4.96. The molecule has 6 nitrogen and oxygen atoms in total. The summed E-state index contributed by atoms with van der Waals surface area (Å²) in [6.45, 7) is 2.04. The van der Waals surface area contributed by atoms with Gasteiger partial charge in [0, 0.05) is 4.88 Å². The van der Waals surface area contributed by atoms with E-state index in [-0.39, 0.29) is 24.3 Å². The fourth-order valence-corrected chi connectivity index (χ4v) is 6.24. The van der Waals surface area contributed by atoms with E-state index >= 15 is 0 Å². The van der Waals surface area contributed by atoms with Gasteiger partial charge < -0.3 is 15.2 Å². The summed E-state index contributed by atoms with van der Waals surface area (Å²) in [7, 11) is 0. The molecule has 3 aliphatic rings. The van der Waals surface area contributed by atoms with Crippen LogP contribution in [0.25, 0.3) is 0 Å². The minimum atomic E-state index is -0.926. The number of thiophene rings is 1. The highest BCUT2D eigenvalue weighted by Crippen LogP contribution is 2.49. The smallest absolute Gasteiger partial charge is 0.341 e. The summed E-state index contributed by atoms with van der Waals surface area (Å²) in [6, 6.07) is 0. The molecule has 0 unspecified atom stereocenters. The van der Waals surface area contributed by atoms with Crippen molar-refractivity contribution in [1.82, 2.24) is 0 Å². The lowest BCUT2D eigenvalue weighted by atomic mass is 9.82. The van der Waals surface area contributed by atoms with Crippen LogP contribution in [-0.2, 0) is 27.2 Å². The Morgan fingerprint density at radius 1 is 1.14 bits per heavy atom. The van der Waals surface area contributed by atoms with Gasteiger partial charge in [0.25, 0.3) is 0 Å². The van der Waals surface area contributed by atoms with Crippen molar-refractivity contribution in [2.75, 3.05) is 11.9 Å². The molecule has 1 aromatic rings. The molecular weight excluding hydrogens is 378 g/mol. The van der Waals surface area contributed by atoms with Crippen LogP contribution in [0.3, 0.4) is 0 Å². The Hall–Kier alpha value is -2.15. The first kappa shape index (κ1) is 19.2. The number of carboxylic acids is 1. The summed E-state index contributed by atoms with van der Waals surface area (Å²) in [5.74, 6) is -3.04. The Morgan fingerprint density at radius 3 is 2.57 bits per heavy atom. The van der Waals surface area contributed by atoms with Gasteiger partial charge in [-0.3, -0.25) is 9.59 Å². The number of esters is 1. The Labute approximate surface area is 168 Å². The number of anilines is 1. The minimum absolute atomic E-state index is 0.0464. The van der Waals surface area contributed by atoms with Crippen LogP contribution in [0.15, 0.2) is 12.2 Å². The number of fused-ring (bicyclic) bond motifs is 3. The molecule has 4 rings (SSSR count). The highest BCUT2D eigenvalue weighted by molar-refractivity contribution is 7.17. The molecule has 1 saturated carbocycles. The summed E-state index contributed by atoms with van der Waals surface area (Å²) < 4.78 is 5.26. The Morgan fingerprint density at radius 2 is 1.86 bits per heavy atom. The van der Waals surface area contributed by atoms with E-state index in [1.807, 2.05) is 12.2 Å². The summed E-state index contributed by atoms with van der Waals surface area (Å²) in [4.78, 5) is 38.6. The zero-order chi connectivity index (χ0) is 19.8. The van der Waals surface area contributed by atoms with Crippen LogP contribution in [-0.4, -0.2) is 29.6 Å². The van der Waals surface area contributed by atoms with Gasteiger partial charge in [-0.05, 0) is 56.4 Å². The standard InChI is InChI=1S/C21H25NO5S/c1-2-27-21(26)17-13-6-4-3-5-7-14(13)28-19(17)22-18(23)15-11-8-9-12(10-11)16(15)20(24)25/h8-9,11-12,15-16H,2-7,10H2,1H3,(H,22,23)(H,24,25)/t11-,12-,15+,16+/m0/s1. The van der Waals surface area contributed by atoms with Crippen LogP contribution < -0.4 is 5.32 Å². The van der Waals surface area contributed by atoms with Crippen molar-refractivity contribution in [2.45, 2.75) is 45.4 Å². The lowest BCUT2D eigenvalue weighted by molar-refractivity contribution is -0.146. The van der Waals surface area contributed by atoms with Gasteiger partial charge in [0.1, 0.15) is 5.00 Å². The number of amides is 1. The maximum atomic E-state index is 13.1. The van der Waals surface area contributed by atoms with Crippen LogP contribution in [0.1, 0.15) is 53.4 Å². The van der Waals surface area contributed by atoms with Gasteiger partial charge in [0.2, 0.25) is 5.91 Å². The van der Waals surface area contributed by atoms with Crippen LogP contribution in [0, 0.1) is 23.7 Å². The third kappa shape index (κ3) is 3.26. The van der Waals surface area contributed by atoms with Crippen molar-refractivity contribution >= 4 is 34.2 Å². The van der Waals surface area contributed by atoms with Crippen molar-refractivity contribution in [3.8, 4) is 0 Å². The molecule has 28 heavy (non-hydrogen) atoms. The van der Waals surface area contributed by atoms with Crippen LogP contribution >= 0.6 is 11.3 Å². The predicted octanol–water partition coefficient (Wildman–Crippen LogP) is 3.66. The van der Waals surface area contributed by atoms with Gasteiger partial charge >= 0.3 is 11.9 Å². The number of nitrogens with one attached hydrogen (secondary N) is 1. The maximum Gasteiger partial charge on any atom is 0.341 e. The number of carboxylic acid groups (broad SMARTS) is 1. The molecule has 7 heteroatoms. The van der Waals surface area contributed by atoms with Crippen LogP contribution in [0.4, 0.5) is 5.00 Å². The zero-order valence-corrected chi connectivity index (χ0v) is 16.7. The van der Waals surface area contributed by atoms with E-state index in [0.717, 1.165) is 42.5 Å². The van der Waals surface area contributed by atoms with Gasteiger partial charge in [-0.25, -0.2) is 4.79 Å². The van der Waals surface area contributed by atoms with Gasteiger partial charge in [-0.15, -0.1) is 11.3 Å². The average molecular weight is 404 g/mol. The van der Waals surface area contributed by atoms with Gasteiger partial charge in [0.05, 0.1) is 24.0 Å². The normalized spacial score (nSPS) is 27.9. The number of rotatable bonds is 5. The van der Waals surface area contributed by atoms with E-state index in [1.54, 1.807) is 6.92 Å². The lowest BCUT2D eigenvalue weighted by Crippen LogP contribution is -2.36. The third-order valence-electron chi connectivity index (χ3n) is 6.18. The van der Waals surface area contributed by atoms with Gasteiger partial charge in [0.15, 0.2) is 0 Å². The number of carbonyl (C=O) groups is 3. The summed E-state index contributed by atoms with van der Waals surface area (Å²) in [5, 5.41) is 13.1. The van der Waals surface area contributed by atoms with E-state index in [1.165, 1.54) is 11.3 Å². The fraction of sp³-hybridized carbons (Fsp3) is 0.571. The monoisotopic (exact) mass is 403 g/mol.